The van der Waals surface area contributed by atoms with Crippen LogP contribution in [0.4, 0.5) is 0 Å². The summed E-state index contributed by atoms with van der Waals surface area (Å²) in [7, 11) is 6.83. The van der Waals surface area contributed by atoms with Crippen LogP contribution in [0.15, 0.2) is 94.8 Å². The molecule has 7 aromatic rings. The molecule has 0 fully saturated rings. The van der Waals surface area contributed by atoms with Crippen molar-refractivity contribution in [1.29, 1.82) is 0 Å². The summed E-state index contributed by atoms with van der Waals surface area (Å²) in [5.74, 6) is 0.591. The minimum Gasteiger partial charge on any atom is -0.296 e. The number of hydrogen-bond acceptors (Lipinski definition) is 13. The molecule has 0 unspecified atom stereocenters. The summed E-state index contributed by atoms with van der Waals surface area (Å²) in [4.78, 5) is 68.0. The molecule has 0 aliphatic carbocycles. The molecule has 0 spiro atoms. The Bertz CT molecular complexity index is 3180. The molecule has 0 radical (unpaired) electrons. The minimum absolute atomic E-state index is 0.0470. The Morgan fingerprint density at radius 1 is 0.750 bits per heavy atom. The van der Waals surface area contributed by atoms with Crippen LogP contribution in [0.25, 0.3) is 43.1 Å². The van der Waals surface area contributed by atoms with Gasteiger partial charge in [0.05, 0.1) is 21.8 Å². The van der Waals surface area contributed by atoms with Crippen LogP contribution in [-0.2, 0) is 76.2 Å². The quantitative estimate of drug-likeness (QED) is 0.128. The Morgan fingerprint density at radius 2 is 1.34 bits per heavy atom. The van der Waals surface area contributed by atoms with Gasteiger partial charge < -0.3 is 0 Å². The maximum Gasteiger partial charge on any atom is 0.288 e. The van der Waals surface area contributed by atoms with Crippen molar-refractivity contribution in [3.05, 3.63) is 129 Å². The molecule has 14 nitrogen and oxygen atoms in total. The lowest BCUT2D eigenvalue weighted by atomic mass is 9.85. The molecular formula is C42H40N10O4P2S6. The molecule has 5 aromatic heterocycles. The standard InChI is InChI=1S/C21H21N5O3.C21H19N5OS.P2S5/c1-21(2)9-8-17-23-16-11-13(6-7-14(16)20(29)26(17)12-21)18(27)24-25-19(28)15-5-3-4-10-22-15;1-21(2)9-8-17-23-16-11-13(6-7-14(16)20(27)26(17)12-21)18-24-25-19(28-18)15-5-3-4-10-22-15;3-1-2-5-7-6-4/h3-7,10-11H,8-9,12H2,1-2H3,(H,24,27)(H,25,28);3-7,10-11H,8-9,12H2,1-2H3;. The molecule has 328 valence electrons. The number of hydrogen-bond donors (Lipinski definition) is 2. The SMILES string of the molecule is CC1(C)CCc2nc3cc(-c4nnc(-c5ccccn5)s4)ccc3c(=O)n2C1.CC1(C)CCc2nc3cc(C(=O)NNC(=O)c4ccccn4)ccc3c(=O)n2C1.S=PP=S=S=S=S. The number of nitrogens with one attached hydrogen (secondary N) is 2. The second-order valence-electron chi connectivity index (χ2n) is 16.3. The molecule has 2 aliphatic heterocycles. The van der Waals surface area contributed by atoms with Crippen molar-refractivity contribution < 1.29 is 9.59 Å². The van der Waals surface area contributed by atoms with E-state index in [-0.39, 0.29) is 27.6 Å². The Kier molecular flexibility index (Phi) is 15.5. The fraction of sp³-hybridized carbons (Fsp3) is 0.286. The normalized spacial score (nSPS) is 14.4. The molecule has 22 heteroatoms. The van der Waals surface area contributed by atoms with Gasteiger partial charge in [0.2, 0.25) is 0 Å². The second kappa shape index (κ2) is 21.0. The average Bonchev–Trinajstić information content (AvgIpc) is 3.80. The number of benzene rings is 2. The topological polar surface area (TPSA) is 180 Å². The number of nitrogens with zero attached hydrogens (tertiary/aromatic N) is 8. The highest BCUT2D eigenvalue weighted by Gasteiger charge is 2.29. The molecule has 0 atom stereocenters. The zero-order chi connectivity index (χ0) is 45.4. The summed E-state index contributed by atoms with van der Waals surface area (Å²) in [6, 6.07) is 21.1. The van der Waals surface area contributed by atoms with Gasteiger partial charge in [0.25, 0.3) is 22.9 Å². The smallest absolute Gasteiger partial charge is 0.288 e. The van der Waals surface area contributed by atoms with Crippen molar-refractivity contribution in [2.75, 3.05) is 0 Å². The highest BCUT2D eigenvalue weighted by molar-refractivity contribution is 8.63. The molecule has 64 heavy (non-hydrogen) atoms. The van der Waals surface area contributed by atoms with Gasteiger partial charge in [-0.25, -0.2) is 9.97 Å². The van der Waals surface area contributed by atoms with Gasteiger partial charge in [-0.15, -0.1) is 10.2 Å². The Labute approximate surface area is 393 Å². The third kappa shape index (κ3) is 11.5. The number of carbonyl (C=O) groups excluding carboxylic acids is 2. The second-order valence-corrected chi connectivity index (χ2v) is 27.0. The van der Waals surface area contributed by atoms with Crippen molar-refractivity contribution in [2.45, 2.75) is 66.5 Å². The molecule has 0 saturated heterocycles. The first-order valence-electron chi connectivity index (χ1n) is 19.7. The molecule has 2 amide bonds. The lowest BCUT2D eigenvalue weighted by Gasteiger charge is -2.31. The van der Waals surface area contributed by atoms with E-state index in [0.29, 0.717) is 28.4 Å². The van der Waals surface area contributed by atoms with Crippen LogP contribution in [-0.4, -0.2) is 51.1 Å². The number of hydrazine groups is 1. The average molecular weight is 1000 g/mol. The summed E-state index contributed by atoms with van der Waals surface area (Å²) < 4.78 is 3.58. The van der Waals surface area contributed by atoms with E-state index in [1.165, 1.54) is 33.5 Å². The molecule has 2 N–H and O–H groups in total. The van der Waals surface area contributed by atoms with Gasteiger partial charge in [0, 0.05) is 63.5 Å². The van der Waals surface area contributed by atoms with Crippen molar-refractivity contribution in [3.63, 3.8) is 0 Å². The van der Waals surface area contributed by atoms with Crippen LogP contribution in [0.3, 0.4) is 0 Å². The molecule has 7 heterocycles. The van der Waals surface area contributed by atoms with Gasteiger partial charge in [-0.05, 0) is 129 Å². The lowest BCUT2D eigenvalue weighted by Crippen LogP contribution is -2.42. The maximum absolute atomic E-state index is 13.0. The first kappa shape index (κ1) is 47.2. The summed E-state index contributed by atoms with van der Waals surface area (Å²) in [5, 5.41) is 11.3. The number of fused-ring (bicyclic) bond motifs is 4. The first-order valence-corrected chi connectivity index (χ1v) is 29.1. The summed E-state index contributed by atoms with van der Waals surface area (Å²) in [5.41, 5.74) is 8.24. The summed E-state index contributed by atoms with van der Waals surface area (Å²) in [6.45, 7) is 10.0. The van der Waals surface area contributed by atoms with E-state index in [4.69, 9.17) is 4.98 Å². The Hall–Kier alpha value is -4.78. The van der Waals surface area contributed by atoms with Crippen LogP contribution in [0.1, 0.15) is 73.0 Å². The van der Waals surface area contributed by atoms with Crippen molar-refractivity contribution in [1.82, 2.24) is 50.1 Å². The summed E-state index contributed by atoms with van der Waals surface area (Å²) in [6.07, 6.45) is 6.76. The molecule has 0 saturated carbocycles. The van der Waals surface area contributed by atoms with Gasteiger partial charge in [-0.1, -0.05) is 57.2 Å². The van der Waals surface area contributed by atoms with E-state index in [0.717, 1.165) is 77.7 Å². The zero-order valence-corrected chi connectivity index (χ0v) is 41.6. The first-order chi connectivity index (χ1) is 30.8. The summed E-state index contributed by atoms with van der Waals surface area (Å²) >= 11 is 10.7. The number of pyridine rings is 2. The zero-order valence-electron chi connectivity index (χ0n) is 34.9. The van der Waals surface area contributed by atoms with Crippen LogP contribution < -0.4 is 22.0 Å². The molecule has 2 aliphatic rings. The van der Waals surface area contributed by atoms with Crippen LogP contribution in [0.2, 0.25) is 0 Å². The maximum atomic E-state index is 13.0. The van der Waals surface area contributed by atoms with E-state index in [1.807, 2.05) is 41.0 Å². The third-order valence-corrected chi connectivity index (χ3v) is 21.4. The number of carbonyl (C=O) groups is 2. The van der Waals surface area contributed by atoms with Gasteiger partial charge in [0.15, 0.2) is 5.01 Å². The van der Waals surface area contributed by atoms with E-state index in [1.54, 1.807) is 65.5 Å². The Morgan fingerprint density at radius 3 is 1.94 bits per heavy atom. The largest absolute Gasteiger partial charge is 0.296 e. The fourth-order valence-corrected chi connectivity index (χ4v) is 17.6. The van der Waals surface area contributed by atoms with Crippen molar-refractivity contribution >= 4 is 109 Å². The van der Waals surface area contributed by atoms with Crippen molar-refractivity contribution in [3.8, 4) is 21.3 Å². The molecule has 0 bridgehead atoms. The molecular weight excluding hydrogens is 963 g/mol. The van der Waals surface area contributed by atoms with E-state index < -0.39 is 11.8 Å². The highest BCUT2D eigenvalue weighted by Crippen LogP contribution is 2.33. The monoisotopic (exact) mass is 1000 g/mol. The third-order valence-electron chi connectivity index (χ3n) is 10.4. The van der Waals surface area contributed by atoms with E-state index in [9.17, 15) is 19.2 Å². The van der Waals surface area contributed by atoms with Crippen molar-refractivity contribution in [2.24, 2.45) is 10.8 Å². The number of rotatable bonds is 5. The fourth-order valence-electron chi connectivity index (χ4n) is 7.15. The number of aromatic nitrogens is 8. The molecule has 9 rings (SSSR count). The van der Waals surface area contributed by atoms with Crippen LogP contribution >= 0.6 is 25.4 Å². The van der Waals surface area contributed by atoms with Crippen LogP contribution in [0.5, 0.6) is 0 Å². The predicted octanol–water partition coefficient (Wildman–Crippen LogP) is 7.50. The molecule has 2 aromatic carbocycles. The van der Waals surface area contributed by atoms with Gasteiger partial charge >= 0.3 is 0 Å². The van der Waals surface area contributed by atoms with E-state index >= 15 is 0 Å². The van der Waals surface area contributed by atoms with Crippen LogP contribution in [0, 0.1) is 10.8 Å². The predicted molar refractivity (Wildman–Crippen MR) is 268 cm³/mol. The lowest BCUT2D eigenvalue weighted by molar-refractivity contribution is 0.0844. The van der Waals surface area contributed by atoms with Gasteiger partial charge in [-0.2, -0.15) is 0 Å². The number of amides is 2. The Balaban J connectivity index is 0.000000167. The number of aryl methyl sites for hydroxylation is 2. The van der Waals surface area contributed by atoms with E-state index in [2.05, 4.69) is 86.7 Å². The van der Waals surface area contributed by atoms with Gasteiger partial charge in [-0.3, -0.25) is 49.1 Å². The van der Waals surface area contributed by atoms with Gasteiger partial charge in [0.1, 0.15) is 28.0 Å². The highest BCUT2D eigenvalue weighted by atomic mass is 33.3. The minimum atomic E-state index is -0.521.